The third kappa shape index (κ3) is 4.51. The van der Waals surface area contributed by atoms with Gasteiger partial charge in [0, 0.05) is 42.7 Å². The lowest BCUT2D eigenvalue weighted by Gasteiger charge is -2.34. The molecule has 2 aromatic carbocycles. The second-order valence-electron chi connectivity index (χ2n) is 6.96. The van der Waals surface area contributed by atoms with Gasteiger partial charge in [0.1, 0.15) is 5.01 Å². The standard InChI is InChI=1S/C22H19Cl2N3O2S/c23-17-7-4-8-18(24)20(17)21-25-16(14-30-21)13-19(28)26-9-11-27(12-10-26)22(29)15-5-2-1-3-6-15/h1-8,14H,9-13H2. The van der Waals surface area contributed by atoms with Crippen LogP contribution in [-0.2, 0) is 11.2 Å². The van der Waals surface area contributed by atoms with E-state index in [1.807, 2.05) is 35.7 Å². The van der Waals surface area contributed by atoms with Crippen LogP contribution in [0, 0.1) is 0 Å². The summed E-state index contributed by atoms with van der Waals surface area (Å²) < 4.78 is 0. The molecular weight excluding hydrogens is 441 g/mol. The Hall–Kier alpha value is -2.41. The number of aromatic nitrogens is 1. The molecule has 1 aromatic heterocycles. The molecule has 2 heterocycles. The minimum Gasteiger partial charge on any atom is -0.339 e. The summed E-state index contributed by atoms with van der Waals surface area (Å²) in [5, 5.41) is 3.64. The predicted octanol–water partition coefficient (Wildman–Crippen LogP) is 4.64. The van der Waals surface area contributed by atoms with Crippen LogP contribution in [-0.4, -0.2) is 52.8 Å². The highest BCUT2D eigenvalue weighted by Crippen LogP contribution is 2.36. The van der Waals surface area contributed by atoms with Gasteiger partial charge in [-0.25, -0.2) is 4.98 Å². The number of piperazine rings is 1. The highest BCUT2D eigenvalue weighted by Gasteiger charge is 2.25. The van der Waals surface area contributed by atoms with Crippen molar-refractivity contribution in [1.29, 1.82) is 0 Å². The van der Waals surface area contributed by atoms with Gasteiger partial charge in [-0.3, -0.25) is 9.59 Å². The zero-order chi connectivity index (χ0) is 21.1. The Kier molecular flexibility index (Phi) is 6.37. The van der Waals surface area contributed by atoms with E-state index in [1.54, 1.807) is 28.0 Å². The lowest BCUT2D eigenvalue weighted by atomic mass is 10.1. The average molecular weight is 460 g/mol. The maximum Gasteiger partial charge on any atom is 0.253 e. The number of hydrogen-bond acceptors (Lipinski definition) is 4. The van der Waals surface area contributed by atoms with Crippen molar-refractivity contribution in [3.05, 3.63) is 75.2 Å². The Balaban J connectivity index is 1.36. The lowest BCUT2D eigenvalue weighted by molar-refractivity contribution is -0.132. The molecule has 2 amide bonds. The van der Waals surface area contributed by atoms with E-state index in [1.165, 1.54) is 11.3 Å². The van der Waals surface area contributed by atoms with Crippen LogP contribution in [0.5, 0.6) is 0 Å². The fourth-order valence-corrected chi connectivity index (χ4v) is 4.97. The van der Waals surface area contributed by atoms with Crippen molar-refractivity contribution < 1.29 is 9.59 Å². The number of benzene rings is 2. The monoisotopic (exact) mass is 459 g/mol. The first-order valence-corrected chi connectivity index (χ1v) is 11.2. The molecule has 8 heteroatoms. The number of thiazole rings is 1. The van der Waals surface area contributed by atoms with Gasteiger partial charge in [-0.15, -0.1) is 11.3 Å². The van der Waals surface area contributed by atoms with Crippen molar-refractivity contribution in [2.24, 2.45) is 0 Å². The maximum atomic E-state index is 12.7. The fourth-order valence-electron chi connectivity index (χ4n) is 3.39. The van der Waals surface area contributed by atoms with Gasteiger partial charge in [0.05, 0.1) is 22.2 Å². The van der Waals surface area contributed by atoms with E-state index >= 15 is 0 Å². The number of nitrogens with zero attached hydrogens (tertiary/aromatic N) is 3. The molecule has 154 valence electrons. The van der Waals surface area contributed by atoms with Gasteiger partial charge in [-0.05, 0) is 24.3 Å². The number of carbonyl (C=O) groups is 2. The Morgan fingerprint density at radius 1 is 0.900 bits per heavy atom. The largest absolute Gasteiger partial charge is 0.339 e. The summed E-state index contributed by atoms with van der Waals surface area (Å²) in [6.45, 7) is 2.09. The molecule has 1 saturated heterocycles. The minimum atomic E-state index is 0.00320. The van der Waals surface area contributed by atoms with Gasteiger partial charge < -0.3 is 9.80 Å². The summed E-state index contributed by atoms with van der Waals surface area (Å²) in [5.41, 5.74) is 2.06. The Morgan fingerprint density at radius 2 is 1.53 bits per heavy atom. The van der Waals surface area contributed by atoms with Gasteiger partial charge in [-0.1, -0.05) is 47.5 Å². The molecule has 1 aliphatic rings. The first-order valence-electron chi connectivity index (χ1n) is 9.54. The van der Waals surface area contributed by atoms with E-state index in [0.717, 1.165) is 0 Å². The van der Waals surface area contributed by atoms with Gasteiger partial charge in [-0.2, -0.15) is 0 Å². The molecule has 0 N–H and O–H groups in total. The van der Waals surface area contributed by atoms with Gasteiger partial charge in [0.15, 0.2) is 0 Å². The van der Waals surface area contributed by atoms with E-state index in [0.29, 0.717) is 58.1 Å². The third-order valence-corrected chi connectivity index (χ3v) is 6.54. The van der Waals surface area contributed by atoms with Gasteiger partial charge in [0.2, 0.25) is 5.91 Å². The molecule has 30 heavy (non-hydrogen) atoms. The molecular formula is C22H19Cl2N3O2S. The summed E-state index contributed by atoms with van der Waals surface area (Å²) in [5.74, 6) is 0.00683. The quantitative estimate of drug-likeness (QED) is 0.570. The highest BCUT2D eigenvalue weighted by molar-refractivity contribution is 7.13. The summed E-state index contributed by atoms with van der Waals surface area (Å²) in [6, 6.07) is 14.5. The van der Waals surface area contributed by atoms with Crippen molar-refractivity contribution in [3.8, 4) is 10.6 Å². The molecule has 1 aliphatic heterocycles. The zero-order valence-corrected chi connectivity index (χ0v) is 18.4. The smallest absolute Gasteiger partial charge is 0.253 e. The first-order chi connectivity index (χ1) is 14.5. The summed E-state index contributed by atoms with van der Waals surface area (Å²) in [4.78, 5) is 33.4. The fraction of sp³-hybridized carbons (Fsp3) is 0.227. The molecule has 5 nitrogen and oxygen atoms in total. The lowest BCUT2D eigenvalue weighted by Crippen LogP contribution is -2.51. The highest BCUT2D eigenvalue weighted by atomic mass is 35.5. The van der Waals surface area contributed by atoms with E-state index < -0.39 is 0 Å². The number of halogens is 2. The Bertz CT molecular complexity index is 1040. The Labute approximate surface area is 188 Å². The molecule has 1 fully saturated rings. The summed E-state index contributed by atoms with van der Waals surface area (Å²) in [7, 11) is 0. The third-order valence-electron chi connectivity index (χ3n) is 5.00. The zero-order valence-electron chi connectivity index (χ0n) is 16.1. The van der Waals surface area contributed by atoms with Crippen molar-refractivity contribution in [3.63, 3.8) is 0 Å². The first kappa shape index (κ1) is 20.8. The van der Waals surface area contributed by atoms with Crippen molar-refractivity contribution in [1.82, 2.24) is 14.8 Å². The van der Waals surface area contributed by atoms with Crippen LogP contribution in [0.3, 0.4) is 0 Å². The van der Waals surface area contributed by atoms with E-state index in [4.69, 9.17) is 23.2 Å². The number of hydrogen-bond donors (Lipinski definition) is 0. The van der Waals surface area contributed by atoms with Crippen molar-refractivity contribution >= 4 is 46.4 Å². The summed E-state index contributed by atoms with van der Waals surface area (Å²) >= 11 is 13.9. The minimum absolute atomic E-state index is 0.00320. The van der Waals surface area contributed by atoms with Gasteiger partial charge >= 0.3 is 0 Å². The van der Waals surface area contributed by atoms with Crippen LogP contribution in [0.15, 0.2) is 53.9 Å². The summed E-state index contributed by atoms with van der Waals surface area (Å²) in [6.07, 6.45) is 0.213. The van der Waals surface area contributed by atoms with E-state index in [2.05, 4.69) is 4.98 Å². The number of carbonyl (C=O) groups excluding carboxylic acids is 2. The van der Waals surface area contributed by atoms with Crippen LogP contribution in [0.1, 0.15) is 16.1 Å². The maximum absolute atomic E-state index is 12.7. The predicted molar refractivity (Wildman–Crippen MR) is 120 cm³/mol. The molecule has 3 aromatic rings. The second-order valence-corrected chi connectivity index (χ2v) is 8.63. The normalized spacial score (nSPS) is 14.1. The molecule has 0 bridgehead atoms. The van der Waals surface area contributed by atoms with E-state index in [-0.39, 0.29) is 18.2 Å². The molecule has 0 saturated carbocycles. The van der Waals surface area contributed by atoms with Crippen molar-refractivity contribution in [2.75, 3.05) is 26.2 Å². The SMILES string of the molecule is O=C(Cc1csc(-c2c(Cl)cccc2Cl)n1)N1CCN(C(=O)c2ccccc2)CC1. The van der Waals surface area contributed by atoms with Crippen LogP contribution in [0.25, 0.3) is 10.6 Å². The molecule has 0 atom stereocenters. The van der Waals surface area contributed by atoms with Crippen LogP contribution < -0.4 is 0 Å². The average Bonchev–Trinajstić information content (AvgIpc) is 3.21. The Morgan fingerprint density at radius 3 is 2.20 bits per heavy atom. The molecule has 0 unspecified atom stereocenters. The number of amides is 2. The second kappa shape index (κ2) is 9.16. The van der Waals surface area contributed by atoms with Gasteiger partial charge in [0.25, 0.3) is 5.91 Å². The van der Waals surface area contributed by atoms with Crippen LogP contribution in [0.2, 0.25) is 10.0 Å². The molecule has 4 rings (SSSR count). The number of rotatable bonds is 4. The molecule has 0 aliphatic carbocycles. The molecule has 0 radical (unpaired) electrons. The van der Waals surface area contributed by atoms with Crippen molar-refractivity contribution in [2.45, 2.75) is 6.42 Å². The van der Waals surface area contributed by atoms with Crippen LogP contribution >= 0.6 is 34.5 Å². The van der Waals surface area contributed by atoms with Crippen LogP contribution in [0.4, 0.5) is 0 Å². The topological polar surface area (TPSA) is 53.5 Å². The van der Waals surface area contributed by atoms with E-state index in [9.17, 15) is 9.59 Å². The molecule has 0 spiro atoms.